The van der Waals surface area contributed by atoms with Crippen LogP contribution < -0.4 is 9.64 Å². The number of aryl methyl sites for hydroxylation is 2. The van der Waals surface area contributed by atoms with E-state index in [9.17, 15) is 13.6 Å². The lowest BCUT2D eigenvalue weighted by Gasteiger charge is -2.25. The van der Waals surface area contributed by atoms with Crippen molar-refractivity contribution in [3.63, 3.8) is 0 Å². The summed E-state index contributed by atoms with van der Waals surface area (Å²) in [7, 11) is 0. The van der Waals surface area contributed by atoms with Crippen LogP contribution >= 0.6 is 11.8 Å². The third-order valence-corrected chi connectivity index (χ3v) is 5.24. The van der Waals surface area contributed by atoms with Crippen molar-refractivity contribution in [3.8, 4) is 5.75 Å². The lowest BCUT2D eigenvalue weighted by molar-refractivity contribution is -0.115. The first-order valence-corrected chi connectivity index (χ1v) is 8.56. The highest BCUT2D eigenvalue weighted by Gasteiger charge is 2.34. The lowest BCUT2D eigenvalue weighted by Crippen LogP contribution is -2.27. The molecule has 0 unspecified atom stereocenters. The van der Waals surface area contributed by atoms with Gasteiger partial charge in [0.2, 0.25) is 5.91 Å². The number of benzene rings is 2. The van der Waals surface area contributed by atoms with Gasteiger partial charge in [-0.3, -0.25) is 9.69 Å². The molecule has 1 aliphatic heterocycles. The van der Waals surface area contributed by atoms with E-state index in [1.807, 2.05) is 32.0 Å². The van der Waals surface area contributed by atoms with E-state index in [1.165, 1.54) is 29.5 Å². The minimum Gasteiger partial charge on any atom is -0.435 e. The van der Waals surface area contributed by atoms with Crippen LogP contribution in [-0.4, -0.2) is 18.3 Å². The van der Waals surface area contributed by atoms with Gasteiger partial charge in [-0.05, 0) is 54.8 Å². The summed E-state index contributed by atoms with van der Waals surface area (Å²) in [6, 6.07) is 12.4. The summed E-state index contributed by atoms with van der Waals surface area (Å²) in [5.74, 6) is 0.550. The second-order valence-corrected chi connectivity index (χ2v) is 6.71. The molecule has 0 aromatic heterocycles. The third-order valence-electron chi connectivity index (χ3n) is 4.03. The second kappa shape index (κ2) is 6.81. The number of halogens is 2. The number of hydrogen-bond acceptors (Lipinski definition) is 3. The Kier molecular flexibility index (Phi) is 4.76. The molecule has 0 bridgehead atoms. The number of carbonyl (C=O) groups is 1. The van der Waals surface area contributed by atoms with E-state index in [1.54, 1.807) is 17.0 Å². The molecule has 2 aromatic rings. The number of ether oxygens (including phenoxy) is 1. The largest absolute Gasteiger partial charge is 0.435 e. The maximum absolute atomic E-state index is 12.3. The summed E-state index contributed by atoms with van der Waals surface area (Å²) in [6.07, 6.45) is 0. The molecular weight excluding hydrogens is 332 g/mol. The molecule has 1 heterocycles. The molecule has 0 radical (unpaired) electrons. The average molecular weight is 349 g/mol. The molecule has 6 heteroatoms. The van der Waals surface area contributed by atoms with Crippen molar-refractivity contribution in [1.29, 1.82) is 0 Å². The Morgan fingerprint density at radius 1 is 1.12 bits per heavy atom. The molecule has 0 saturated carbocycles. The fraction of sp³-hybridized carbons (Fsp3) is 0.278. The van der Waals surface area contributed by atoms with E-state index in [2.05, 4.69) is 4.74 Å². The van der Waals surface area contributed by atoms with Crippen LogP contribution in [0.5, 0.6) is 5.75 Å². The smallest absolute Gasteiger partial charge is 0.387 e. The Morgan fingerprint density at radius 2 is 1.83 bits per heavy atom. The molecule has 3 nitrogen and oxygen atoms in total. The van der Waals surface area contributed by atoms with Crippen LogP contribution in [0.4, 0.5) is 14.5 Å². The number of thioether (sulfide) groups is 1. The predicted octanol–water partition coefficient (Wildman–Crippen LogP) is 4.68. The van der Waals surface area contributed by atoms with Crippen LogP contribution in [0.2, 0.25) is 0 Å². The summed E-state index contributed by atoms with van der Waals surface area (Å²) < 4.78 is 28.9. The van der Waals surface area contributed by atoms with Crippen molar-refractivity contribution in [3.05, 3.63) is 59.2 Å². The van der Waals surface area contributed by atoms with Gasteiger partial charge in [0, 0.05) is 5.69 Å². The van der Waals surface area contributed by atoms with Crippen molar-refractivity contribution < 1.29 is 18.3 Å². The van der Waals surface area contributed by atoms with Gasteiger partial charge < -0.3 is 4.74 Å². The van der Waals surface area contributed by atoms with Gasteiger partial charge in [0.1, 0.15) is 11.1 Å². The van der Waals surface area contributed by atoms with Gasteiger partial charge in [0.25, 0.3) is 0 Å². The molecule has 1 saturated heterocycles. The molecule has 126 valence electrons. The fourth-order valence-corrected chi connectivity index (χ4v) is 3.82. The van der Waals surface area contributed by atoms with Gasteiger partial charge in [-0.2, -0.15) is 8.78 Å². The topological polar surface area (TPSA) is 29.5 Å². The minimum absolute atomic E-state index is 0.0427. The first kappa shape index (κ1) is 16.8. The third kappa shape index (κ3) is 3.38. The number of amides is 1. The first-order valence-electron chi connectivity index (χ1n) is 7.51. The molecule has 1 amide bonds. The number of carbonyl (C=O) groups excluding carboxylic acids is 1. The van der Waals surface area contributed by atoms with Crippen LogP contribution in [0.3, 0.4) is 0 Å². The van der Waals surface area contributed by atoms with Gasteiger partial charge in [-0.25, -0.2) is 0 Å². The molecule has 24 heavy (non-hydrogen) atoms. The first-order chi connectivity index (χ1) is 11.5. The molecule has 3 rings (SSSR count). The normalized spacial score (nSPS) is 17.6. The molecular formula is C18H17F2NO2S. The molecule has 0 spiro atoms. The van der Waals surface area contributed by atoms with Gasteiger partial charge in [-0.1, -0.05) is 18.2 Å². The summed E-state index contributed by atoms with van der Waals surface area (Å²) in [6.45, 7) is 1.20. The van der Waals surface area contributed by atoms with Crippen LogP contribution in [0.1, 0.15) is 22.1 Å². The summed E-state index contributed by atoms with van der Waals surface area (Å²) in [4.78, 5) is 14.1. The zero-order valence-electron chi connectivity index (χ0n) is 13.3. The molecule has 0 aliphatic carbocycles. The Morgan fingerprint density at radius 3 is 2.46 bits per heavy atom. The number of alkyl halides is 2. The van der Waals surface area contributed by atoms with Crippen LogP contribution in [0.15, 0.2) is 42.5 Å². The Balaban J connectivity index is 1.88. The number of rotatable bonds is 4. The zero-order valence-corrected chi connectivity index (χ0v) is 14.1. The summed E-state index contributed by atoms with van der Waals surface area (Å²) in [5.41, 5.74) is 4.02. The van der Waals surface area contributed by atoms with Crippen molar-refractivity contribution in [2.45, 2.75) is 25.8 Å². The van der Waals surface area contributed by atoms with E-state index < -0.39 is 6.61 Å². The Labute approximate surface area is 143 Å². The van der Waals surface area contributed by atoms with E-state index in [0.717, 1.165) is 16.8 Å². The van der Waals surface area contributed by atoms with Gasteiger partial charge in [0.15, 0.2) is 0 Å². The number of nitrogens with zero attached hydrogens (tertiary/aromatic N) is 1. The summed E-state index contributed by atoms with van der Waals surface area (Å²) in [5, 5.41) is -0.166. The van der Waals surface area contributed by atoms with Gasteiger partial charge in [0.05, 0.1) is 5.75 Å². The molecule has 1 aliphatic rings. The van der Waals surface area contributed by atoms with Crippen molar-refractivity contribution in [2.24, 2.45) is 0 Å². The quantitative estimate of drug-likeness (QED) is 0.802. The van der Waals surface area contributed by atoms with Crippen molar-refractivity contribution in [2.75, 3.05) is 10.7 Å². The highest BCUT2D eigenvalue weighted by atomic mass is 32.2. The highest BCUT2D eigenvalue weighted by Crippen LogP contribution is 2.42. The SMILES string of the molecule is Cc1ccc(N2C(=O)CS[C@H]2c2ccc(OC(F)F)cc2)cc1C. The van der Waals surface area contributed by atoms with Crippen LogP contribution in [0, 0.1) is 13.8 Å². The van der Waals surface area contributed by atoms with Gasteiger partial charge >= 0.3 is 6.61 Å². The molecule has 1 fully saturated rings. The standard InChI is InChI=1S/C18H17F2NO2S/c1-11-3-6-14(9-12(11)2)21-16(22)10-24-17(21)13-4-7-15(8-5-13)23-18(19)20/h3-9,17-18H,10H2,1-2H3/t17-/m0/s1. The van der Waals surface area contributed by atoms with E-state index in [-0.39, 0.29) is 17.0 Å². The fourth-order valence-electron chi connectivity index (χ4n) is 2.64. The zero-order chi connectivity index (χ0) is 17.3. The van der Waals surface area contributed by atoms with Gasteiger partial charge in [-0.15, -0.1) is 11.8 Å². The van der Waals surface area contributed by atoms with E-state index >= 15 is 0 Å². The highest BCUT2D eigenvalue weighted by molar-refractivity contribution is 8.00. The number of anilines is 1. The van der Waals surface area contributed by atoms with Crippen molar-refractivity contribution >= 4 is 23.4 Å². The van der Waals surface area contributed by atoms with Crippen LogP contribution in [0.25, 0.3) is 0 Å². The maximum Gasteiger partial charge on any atom is 0.387 e. The van der Waals surface area contributed by atoms with E-state index in [4.69, 9.17) is 0 Å². The molecule has 0 N–H and O–H groups in total. The Hall–Kier alpha value is -2.08. The lowest BCUT2D eigenvalue weighted by atomic mass is 10.1. The molecule has 1 atom stereocenters. The van der Waals surface area contributed by atoms with Crippen LogP contribution in [-0.2, 0) is 4.79 Å². The Bertz CT molecular complexity index is 749. The summed E-state index contributed by atoms with van der Waals surface area (Å²) >= 11 is 1.52. The predicted molar refractivity (Wildman–Crippen MR) is 91.7 cm³/mol. The number of hydrogen-bond donors (Lipinski definition) is 0. The van der Waals surface area contributed by atoms with Crippen molar-refractivity contribution in [1.82, 2.24) is 0 Å². The monoisotopic (exact) mass is 349 g/mol. The average Bonchev–Trinajstić information content (AvgIpc) is 2.92. The minimum atomic E-state index is -2.84. The molecule has 2 aromatic carbocycles. The second-order valence-electron chi connectivity index (χ2n) is 5.64. The maximum atomic E-state index is 12.3. The van der Waals surface area contributed by atoms with E-state index in [0.29, 0.717) is 5.75 Å².